The predicted octanol–water partition coefficient (Wildman–Crippen LogP) is 1.78. The van der Waals surface area contributed by atoms with Gasteiger partial charge in [0, 0.05) is 32.8 Å². The van der Waals surface area contributed by atoms with Crippen LogP contribution in [0.1, 0.15) is 44.9 Å². The Bertz CT molecular complexity index is 352. The number of fused-ring (bicyclic) bond motifs is 1. The zero-order valence-corrected chi connectivity index (χ0v) is 12.5. The molecular weight excluding hydrogens is 252 g/mol. The van der Waals surface area contributed by atoms with Gasteiger partial charge >= 0.3 is 0 Å². The van der Waals surface area contributed by atoms with Crippen LogP contribution in [0.3, 0.4) is 0 Å². The molecule has 20 heavy (non-hydrogen) atoms. The van der Waals surface area contributed by atoms with Crippen LogP contribution >= 0.6 is 0 Å². The Hall–Kier alpha value is -0.610. The summed E-state index contributed by atoms with van der Waals surface area (Å²) < 4.78 is 5.42. The molecule has 0 spiro atoms. The molecule has 0 radical (unpaired) electrons. The summed E-state index contributed by atoms with van der Waals surface area (Å²) >= 11 is 0. The van der Waals surface area contributed by atoms with Crippen LogP contribution in [0.15, 0.2) is 0 Å². The van der Waals surface area contributed by atoms with Gasteiger partial charge in [-0.25, -0.2) is 0 Å². The number of piperidine rings is 1. The van der Waals surface area contributed by atoms with Crippen LogP contribution in [-0.2, 0) is 9.53 Å². The summed E-state index contributed by atoms with van der Waals surface area (Å²) in [4.78, 5) is 15.1. The van der Waals surface area contributed by atoms with E-state index in [0.717, 1.165) is 37.8 Å². The third kappa shape index (κ3) is 2.60. The van der Waals surface area contributed by atoms with E-state index >= 15 is 0 Å². The summed E-state index contributed by atoms with van der Waals surface area (Å²) in [5.74, 6) is 1.93. The normalized spacial score (nSPS) is 33.5. The SMILES string of the molecule is NCC1(C(=O)N2CCC3CCCCC3C2)CCOCC1. The lowest BCUT2D eigenvalue weighted by atomic mass is 9.73. The van der Waals surface area contributed by atoms with Gasteiger partial charge in [-0.3, -0.25) is 4.79 Å². The molecule has 2 unspecified atom stereocenters. The Morgan fingerprint density at radius 2 is 1.85 bits per heavy atom. The molecule has 0 aromatic carbocycles. The van der Waals surface area contributed by atoms with Crippen LogP contribution in [0.25, 0.3) is 0 Å². The van der Waals surface area contributed by atoms with E-state index < -0.39 is 0 Å². The monoisotopic (exact) mass is 280 g/mol. The summed E-state index contributed by atoms with van der Waals surface area (Å²) in [7, 11) is 0. The molecule has 3 aliphatic rings. The second kappa shape index (κ2) is 6.02. The van der Waals surface area contributed by atoms with E-state index in [4.69, 9.17) is 10.5 Å². The van der Waals surface area contributed by atoms with Crippen molar-refractivity contribution in [1.82, 2.24) is 4.90 Å². The fourth-order valence-electron chi connectivity index (χ4n) is 4.39. The Morgan fingerprint density at radius 1 is 1.15 bits per heavy atom. The summed E-state index contributed by atoms with van der Waals surface area (Å²) in [6, 6.07) is 0. The van der Waals surface area contributed by atoms with Crippen LogP contribution in [0.4, 0.5) is 0 Å². The minimum atomic E-state index is -0.334. The maximum atomic E-state index is 13.0. The molecule has 1 aliphatic carbocycles. The topological polar surface area (TPSA) is 55.6 Å². The van der Waals surface area contributed by atoms with Crippen LogP contribution in [-0.4, -0.2) is 43.7 Å². The highest BCUT2D eigenvalue weighted by molar-refractivity contribution is 5.83. The van der Waals surface area contributed by atoms with E-state index in [1.54, 1.807) is 0 Å². The minimum Gasteiger partial charge on any atom is -0.381 e. The van der Waals surface area contributed by atoms with Crippen LogP contribution in [0.2, 0.25) is 0 Å². The number of likely N-dealkylation sites (tertiary alicyclic amines) is 1. The van der Waals surface area contributed by atoms with E-state index in [1.165, 1.54) is 32.1 Å². The summed E-state index contributed by atoms with van der Waals surface area (Å²) in [5.41, 5.74) is 5.64. The molecule has 3 fully saturated rings. The van der Waals surface area contributed by atoms with Gasteiger partial charge in [-0.15, -0.1) is 0 Å². The van der Waals surface area contributed by atoms with Gasteiger partial charge in [-0.1, -0.05) is 19.3 Å². The maximum absolute atomic E-state index is 13.0. The summed E-state index contributed by atoms with van der Waals surface area (Å²) in [6.07, 6.45) is 8.22. The highest BCUT2D eigenvalue weighted by Crippen LogP contribution is 2.39. The molecule has 1 saturated carbocycles. The fraction of sp³-hybridized carbons (Fsp3) is 0.938. The molecular formula is C16H28N2O2. The van der Waals surface area contributed by atoms with Crippen molar-refractivity contribution >= 4 is 5.91 Å². The van der Waals surface area contributed by atoms with Crippen molar-refractivity contribution in [1.29, 1.82) is 0 Å². The highest BCUT2D eigenvalue weighted by atomic mass is 16.5. The van der Waals surface area contributed by atoms with E-state index in [2.05, 4.69) is 4.90 Å². The average molecular weight is 280 g/mol. The lowest BCUT2D eigenvalue weighted by Crippen LogP contribution is -2.54. The highest BCUT2D eigenvalue weighted by Gasteiger charge is 2.43. The number of ether oxygens (including phenoxy) is 1. The van der Waals surface area contributed by atoms with E-state index in [9.17, 15) is 4.79 Å². The van der Waals surface area contributed by atoms with Crippen molar-refractivity contribution in [3.05, 3.63) is 0 Å². The molecule has 0 bridgehead atoms. The molecule has 2 aliphatic heterocycles. The smallest absolute Gasteiger partial charge is 0.230 e. The Balaban J connectivity index is 1.67. The molecule has 2 atom stereocenters. The molecule has 2 saturated heterocycles. The van der Waals surface area contributed by atoms with Crippen molar-refractivity contribution in [2.24, 2.45) is 23.0 Å². The van der Waals surface area contributed by atoms with Gasteiger partial charge in [0.1, 0.15) is 0 Å². The van der Waals surface area contributed by atoms with Gasteiger partial charge in [0.25, 0.3) is 0 Å². The molecule has 3 rings (SSSR count). The second-order valence-corrected chi connectivity index (χ2v) is 6.94. The summed E-state index contributed by atoms with van der Waals surface area (Å²) in [5, 5.41) is 0. The number of rotatable bonds is 2. The number of carbonyl (C=O) groups excluding carboxylic acids is 1. The molecule has 0 aromatic rings. The van der Waals surface area contributed by atoms with E-state index in [1.807, 2.05) is 0 Å². The maximum Gasteiger partial charge on any atom is 0.230 e. The van der Waals surface area contributed by atoms with Crippen LogP contribution in [0, 0.1) is 17.3 Å². The van der Waals surface area contributed by atoms with Gasteiger partial charge in [-0.05, 0) is 37.5 Å². The van der Waals surface area contributed by atoms with Gasteiger partial charge in [-0.2, -0.15) is 0 Å². The standard InChI is InChI=1S/C16H28N2O2/c17-12-16(6-9-20-10-7-16)15(19)18-8-5-13-3-1-2-4-14(13)11-18/h13-14H,1-12,17H2. The number of hydrogen-bond acceptors (Lipinski definition) is 3. The quantitative estimate of drug-likeness (QED) is 0.839. The number of amides is 1. The first-order valence-corrected chi connectivity index (χ1v) is 8.32. The van der Waals surface area contributed by atoms with Gasteiger partial charge < -0.3 is 15.4 Å². The predicted molar refractivity (Wildman–Crippen MR) is 78.2 cm³/mol. The second-order valence-electron chi connectivity index (χ2n) is 6.94. The lowest BCUT2D eigenvalue weighted by molar-refractivity contribution is -0.150. The van der Waals surface area contributed by atoms with Crippen molar-refractivity contribution in [2.45, 2.75) is 44.9 Å². The fourth-order valence-corrected chi connectivity index (χ4v) is 4.39. The molecule has 4 nitrogen and oxygen atoms in total. The number of nitrogens with zero attached hydrogens (tertiary/aromatic N) is 1. The van der Waals surface area contributed by atoms with E-state index in [-0.39, 0.29) is 5.41 Å². The molecule has 4 heteroatoms. The van der Waals surface area contributed by atoms with Gasteiger partial charge in [0.2, 0.25) is 5.91 Å². The first kappa shape index (κ1) is 14.3. The van der Waals surface area contributed by atoms with Gasteiger partial charge in [0.15, 0.2) is 0 Å². The van der Waals surface area contributed by atoms with Crippen molar-refractivity contribution in [3.63, 3.8) is 0 Å². The van der Waals surface area contributed by atoms with Crippen molar-refractivity contribution in [3.8, 4) is 0 Å². The molecule has 2 heterocycles. The zero-order valence-electron chi connectivity index (χ0n) is 12.5. The molecule has 114 valence electrons. The van der Waals surface area contributed by atoms with E-state index in [0.29, 0.717) is 25.7 Å². The Kier molecular flexibility index (Phi) is 4.32. The van der Waals surface area contributed by atoms with Crippen molar-refractivity contribution < 1.29 is 9.53 Å². The number of nitrogens with two attached hydrogens (primary N) is 1. The molecule has 1 amide bonds. The zero-order chi connectivity index (χ0) is 14.0. The molecule has 0 aromatic heterocycles. The number of carbonyl (C=O) groups is 1. The van der Waals surface area contributed by atoms with Crippen molar-refractivity contribution in [2.75, 3.05) is 32.8 Å². The Labute approximate surface area is 122 Å². The third-order valence-corrected chi connectivity index (χ3v) is 5.87. The molecule has 2 N–H and O–H groups in total. The first-order chi connectivity index (χ1) is 9.75. The average Bonchev–Trinajstić information content (AvgIpc) is 2.54. The summed E-state index contributed by atoms with van der Waals surface area (Å²) in [6.45, 7) is 3.76. The largest absolute Gasteiger partial charge is 0.381 e. The number of hydrogen-bond donors (Lipinski definition) is 1. The first-order valence-electron chi connectivity index (χ1n) is 8.32. The third-order valence-electron chi connectivity index (χ3n) is 5.87. The lowest BCUT2D eigenvalue weighted by Gasteiger charge is -2.45. The van der Waals surface area contributed by atoms with Crippen LogP contribution < -0.4 is 5.73 Å². The minimum absolute atomic E-state index is 0.312. The Morgan fingerprint density at radius 3 is 2.55 bits per heavy atom. The van der Waals surface area contributed by atoms with Crippen LogP contribution in [0.5, 0.6) is 0 Å². The van der Waals surface area contributed by atoms with Gasteiger partial charge in [0.05, 0.1) is 5.41 Å².